The van der Waals surface area contributed by atoms with E-state index in [1.165, 1.54) is 24.3 Å². The summed E-state index contributed by atoms with van der Waals surface area (Å²) in [5.41, 5.74) is 7.25. The number of nitrogens with two attached hydrogens (primary N) is 1. The first-order valence-corrected chi connectivity index (χ1v) is 6.71. The number of hydrogen-bond acceptors (Lipinski definition) is 3. The Morgan fingerprint density at radius 3 is 2.52 bits per heavy atom. The topological polar surface area (TPSA) is 72.5 Å². The van der Waals surface area contributed by atoms with Crippen LogP contribution in [0.4, 0.5) is 13.2 Å². The van der Waals surface area contributed by atoms with Crippen molar-refractivity contribution in [3.63, 3.8) is 0 Å². The molecular weight excluding hydrogens is 309 g/mol. The molecule has 0 unspecified atom stereocenters. The molecule has 0 aliphatic carbocycles. The second-order valence-corrected chi connectivity index (χ2v) is 4.57. The zero-order chi connectivity index (χ0) is 16.7. The number of alkyl halides is 3. The van der Waals surface area contributed by atoms with Crippen molar-refractivity contribution in [3.05, 3.63) is 59.9 Å². The summed E-state index contributed by atoms with van der Waals surface area (Å²) in [6.45, 7) is 0.682. The SMILES string of the molecule is NC(=NCc1ccc(OC(F)(F)F)cc1)NCc1ccccn1. The monoisotopic (exact) mass is 324 g/mol. The fourth-order valence-electron chi connectivity index (χ4n) is 1.71. The van der Waals surface area contributed by atoms with Gasteiger partial charge in [-0.3, -0.25) is 4.98 Å². The van der Waals surface area contributed by atoms with Crippen LogP contribution in [0.5, 0.6) is 5.75 Å². The third-order valence-electron chi connectivity index (χ3n) is 2.77. The highest BCUT2D eigenvalue weighted by Gasteiger charge is 2.30. The number of ether oxygens (including phenoxy) is 1. The standard InChI is InChI=1S/C15H15F3N4O/c16-15(17,18)23-13-6-4-11(5-7-13)9-21-14(19)22-10-12-3-1-2-8-20-12/h1-8H,9-10H2,(H3,19,21,22). The fourth-order valence-corrected chi connectivity index (χ4v) is 1.71. The molecule has 0 saturated carbocycles. The molecule has 23 heavy (non-hydrogen) atoms. The number of hydrogen-bond donors (Lipinski definition) is 2. The van der Waals surface area contributed by atoms with Crippen molar-refractivity contribution < 1.29 is 17.9 Å². The minimum atomic E-state index is -4.69. The second-order valence-electron chi connectivity index (χ2n) is 4.57. The van der Waals surface area contributed by atoms with E-state index < -0.39 is 6.36 Å². The van der Waals surface area contributed by atoms with Crippen LogP contribution in [0, 0.1) is 0 Å². The zero-order valence-electron chi connectivity index (χ0n) is 12.0. The quantitative estimate of drug-likeness (QED) is 0.655. The molecule has 1 aromatic carbocycles. The molecule has 8 heteroatoms. The van der Waals surface area contributed by atoms with Crippen molar-refractivity contribution in [1.29, 1.82) is 0 Å². The normalized spacial score (nSPS) is 12.0. The number of benzene rings is 1. The van der Waals surface area contributed by atoms with E-state index in [0.717, 1.165) is 5.69 Å². The van der Waals surface area contributed by atoms with Crippen LogP contribution >= 0.6 is 0 Å². The Bertz CT molecular complexity index is 642. The molecular formula is C15H15F3N4O. The summed E-state index contributed by atoms with van der Waals surface area (Å²) in [4.78, 5) is 8.24. The van der Waals surface area contributed by atoms with E-state index in [0.29, 0.717) is 12.1 Å². The van der Waals surface area contributed by atoms with E-state index in [1.54, 1.807) is 6.20 Å². The van der Waals surface area contributed by atoms with Gasteiger partial charge in [0.2, 0.25) is 0 Å². The maximum atomic E-state index is 12.0. The smallest absolute Gasteiger partial charge is 0.406 e. The van der Waals surface area contributed by atoms with E-state index in [2.05, 4.69) is 20.0 Å². The number of pyridine rings is 1. The van der Waals surface area contributed by atoms with Gasteiger partial charge >= 0.3 is 6.36 Å². The van der Waals surface area contributed by atoms with Gasteiger partial charge in [0.1, 0.15) is 5.75 Å². The van der Waals surface area contributed by atoms with Crippen LogP contribution in [-0.2, 0) is 13.1 Å². The van der Waals surface area contributed by atoms with Crippen molar-refractivity contribution in [2.45, 2.75) is 19.5 Å². The molecule has 0 fully saturated rings. The first-order valence-electron chi connectivity index (χ1n) is 6.71. The Balaban J connectivity index is 1.84. The third-order valence-corrected chi connectivity index (χ3v) is 2.77. The maximum Gasteiger partial charge on any atom is 0.573 e. The maximum absolute atomic E-state index is 12.0. The van der Waals surface area contributed by atoms with E-state index in [-0.39, 0.29) is 18.3 Å². The molecule has 122 valence electrons. The minimum absolute atomic E-state index is 0.228. The molecule has 3 N–H and O–H groups in total. The average Bonchev–Trinajstić information content (AvgIpc) is 2.52. The van der Waals surface area contributed by atoms with E-state index in [4.69, 9.17) is 5.73 Å². The molecule has 0 saturated heterocycles. The summed E-state index contributed by atoms with van der Waals surface area (Å²) in [6.07, 6.45) is -3.02. The van der Waals surface area contributed by atoms with Crippen molar-refractivity contribution in [3.8, 4) is 5.75 Å². The molecule has 0 bridgehead atoms. The van der Waals surface area contributed by atoms with Crippen LogP contribution in [0.15, 0.2) is 53.7 Å². The first-order chi connectivity index (χ1) is 10.9. The number of guanidine groups is 1. The molecule has 2 rings (SSSR count). The Morgan fingerprint density at radius 1 is 1.17 bits per heavy atom. The highest BCUT2D eigenvalue weighted by atomic mass is 19.4. The molecule has 1 aromatic heterocycles. The van der Waals surface area contributed by atoms with Crippen LogP contribution in [0.1, 0.15) is 11.3 Å². The summed E-state index contributed by atoms with van der Waals surface area (Å²) in [6, 6.07) is 11.0. The predicted octanol–water partition coefficient (Wildman–Crippen LogP) is 2.58. The van der Waals surface area contributed by atoms with Crippen LogP contribution in [0.25, 0.3) is 0 Å². The predicted molar refractivity (Wildman–Crippen MR) is 79.5 cm³/mol. The van der Waals surface area contributed by atoms with Gasteiger partial charge in [-0.25, -0.2) is 4.99 Å². The number of aliphatic imine (C=N–C) groups is 1. The lowest BCUT2D eigenvalue weighted by molar-refractivity contribution is -0.274. The summed E-state index contributed by atoms with van der Waals surface area (Å²) in [5, 5.41) is 2.90. The van der Waals surface area contributed by atoms with Crippen molar-refractivity contribution in [2.75, 3.05) is 0 Å². The summed E-state index contributed by atoms with van der Waals surface area (Å²) in [7, 11) is 0. The lowest BCUT2D eigenvalue weighted by Crippen LogP contribution is -2.31. The van der Waals surface area contributed by atoms with Gasteiger partial charge in [0.25, 0.3) is 0 Å². The summed E-state index contributed by atoms with van der Waals surface area (Å²) in [5.74, 6) is -0.0438. The van der Waals surface area contributed by atoms with Crippen molar-refractivity contribution in [1.82, 2.24) is 10.3 Å². The molecule has 5 nitrogen and oxygen atoms in total. The van der Waals surface area contributed by atoms with Gasteiger partial charge in [0.05, 0.1) is 18.8 Å². The van der Waals surface area contributed by atoms with Crippen LogP contribution in [0.2, 0.25) is 0 Å². The summed E-state index contributed by atoms with van der Waals surface area (Å²) >= 11 is 0. The van der Waals surface area contributed by atoms with Gasteiger partial charge in [0.15, 0.2) is 5.96 Å². The highest BCUT2D eigenvalue weighted by Crippen LogP contribution is 2.22. The zero-order valence-corrected chi connectivity index (χ0v) is 12.0. The van der Waals surface area contributed by atoms with Gasteiger partial charge < -0.3 is 15.8 Å². The molecule has 0 radical (unpaired) electrons. The molecule has 0 aliphatic rings. The fraction of sp³-hybridized carbons (Fsp3) is 0.200. The number of halogens is 3. The minimum Gasteiger partial charge on any atom is -0.406 e. The van der Waals surface area contributed by atoms with Gasteiger partial charge in [-0.05, 0) is 29.8 Å². The first kappa shape index (κ1) is 16.6. The molecule has 2 aromatic rings. The second kappa shape index (κ2) is 7.48. The highest BCUT2D eigenvalue weighted by molar-refractivity contribution is 5.77. The molecule has 1 heterocycles. The van der Waals surface area contributed by atoms with E-state index in [1.807, 2.05) is 18.2 Å². The van der Waals surface area contributed by atoms with Gasteiger partial charge in [0, 0.05) is 6.20 Å². The van der Waals surface area contributed by atoms with Gasteiger partial charge in [-0.15, -0.1) is 13.2 Å². The van der Waals surface area contributed by atoms with Gasteiger partial charge in [-0.2, -0.15) is 0 Å². The van der Waals surface area contributed by atoms with Crippen molar-refractivity contribution >= 4 is 5.96 Å². The number of aromatic nitrogens is 1. The Kier molecular flexibility index (Phi) is 5.40. The average molecular weight is 324 g/mol. The Morgan fingerprint density at radius 2 is 1.91 bits per heavy atom. The number of nitrogens with one attached hydrogen (secondary N) is 1. The molecule has 0 aliphatic heterocycles. The molecule has 0 amide bonds. The number of rotatable bonds is 5. The summed E-state index contributed by atoms with van der Waals surface area (Å²) < 4.78 is 39.9. The van der Waals surface area contributed by atoms with Crippen molar-refractivity contribution in [2.24, 2.45) is 10.7 Å². The lowest BCUT2D eigenvalue weighted by atomic mass is 10.2. The van der Waals surface area contributed by atoms with Crippen LogP contribution < -0.4 is 15.8 Å². The Hall–Kier alpha value is -2.77. The third kappa shape index (κ3) is 6.25. The lowest BCUT2D eigenvalue weighted by Gasteiger charge is -2.09. The molecule has 0 atom stereocenters. The van der Waals surface area contributed by atoms with E-state index >= 15 is 0 Å². The Labute approximate surface area is 131 Å². The van der Waals surface area contributed by atoms with Crippen LogP contribution in [0.3, 0.4) is 0 Å². The van der Waals surface area contributed by atoms with Gasteiger partial charge in [-0.1, -0.05) is 18.2 Å². The number of nitrogens with zero attached hydrogens (tertiary/aromatic N) is 2. The van der Waals surface area contributed by atoms with E-state index in [9.17, 15) is 13.2 Å². The van der Waals surface area contributed by atoms with Crippen LogP contribution in [-0.4, -0.2) is 17.3 Å². The largest absolute Gasteiger partial charge is 0.573 e. The molecule has 0 spiro atoms.